The highest BCUT2D eigenvalue weighted by atomic mass is 16.5. The van der Waals surface area contributed by atoms with E-state index in [-0.39, 0.29) is 6.10 Å². The van der Waals surface area contributed by atoms with Crippen molar-refractivity contribution in [3.05, 3.63) is 35.4 Å². The van der Waals surface area contributed by atoms with E-state index in [0.717, 1.165) is 13.1 Å². The summed E-state index contributed by atoms with van der Waals surface area (Å²) in [6.07, 6.45) is -0.127. The number of amides is 1. The molecule has 1 fully saturated rings. The van der Waals surface area contributed by atoms with E-state index in [1.807, 2.05) is 0 Å². The molecule has 1 aromatic rings. The minimum absolute atomic E-state index is 0.127. The zero-order valence-corrected chi connectivity index (χ0v) is 14.5. The number of aryl methyl sites for hydroxylation is 1. The van der Waals surface area contributed by atoms with Crippen LogP contribution in [-0.2, 0) is 20.9 Å². The maximum atomic E-state index is 12.0. The van der Waals surface area contributed by atoms with Crippen molar-refractivity contribution in [2.24, 2.45) is 5.41 Å². The van der Waals surface area contributed by atoms with E-state index < -0.39 is 17.3 Å². The number of hydrogen-bond donors (Lipinski definition) is 2. The fourth-order valence-electron chi connectivity index (χ4n) is 2.52. The van der Waals surface area contributed by atoms with Crippen molar-refractivity contribution >= 4 is 11.9 Å². The first-order valence-corrected chi connectivity index (χ1v) is 8.20. The quantitative estimate of drug-likeness (QED) is 0.769. The molecule has 1 amide bonds. The molecular weight excluding hydrogens is 308 g/mol. The van der Waals surface area contributed by atoms with Gasteiger partial charge in [-0.1, -0.05) is 29.8 Å². The predicted molar refractivity (Wildman–Crippen MR) is 90.6 cm³/mol. The van der Waals surface area contributed by atoms with Gasteiger partial charge >= 0.3 is 5.97 Å². The summed E-state index contributed by atoms with van der Waals surface area (Å²) in [5.74, 6) is -1.63. The highest BCUT2D eigenvalue weighted by Crippen LogP contribution is 2.16. The Bertz CT molecular complexity index is 583. The molecule has 24 heavy (non-hydrogen) atoms. The fourth-order valence-corrected chi connectivity index (χ4v) is 2.52. The van der Waals surface area contributed by atoms with Crippen LogP contribution in [0.4, 0.5) is 0 Å². The van der Waals surface area contributed by atoms with Gasteiger partial charge in [0, 0.05) is 26.2 Å². The molecule has 1 aromatic carbocycles. The number of aliphatic carboxylic acids is 1. The number of hydrogen-bond acceptors (Lipinski definition) is 4. The first kappa shape index (κ1) is 18.4. The molecule has 2 rings (SSSR count). The summed E-state index contributed by atoms with van der Waals surface area (Å²) in [7, 11) is 0. The summed E-state index contributed by atoms with van der Waals surface area (Å²) in [6.45, 7) is 8.19. The van der Waals surface area contributed by atoms with E-state index in [1.165, 1.54) is 25.0 Å². The molecule has 1 aliphatic heterocycles. The Hall–Kier alpha value is -1.92. The van der Waals surface area contributed by atoms with Gasteiger partial charge in [-0.2, -0.15) is 0 Å². The third-order valence-corrected chi connectivity index (χ3v) is 4.34. The van der Waals surface area contributed by atoms with Gasteiger partial charge in [-0.05, 0) is 26.3 Å². The maximum Gasteiger partial charge on any atom is 0.318 e. The molecule has 132 valence electrons. The molecule has 0 aliphatic carbocycles. The largest absolute Gasteiger partial charge is 0.480 e. The molecule has 6 nitrogen and oxygen atoms in total. The molecule has 1 saturated heterocycles. The number of carboxylic acids is 1. The van der Waals surface area contributed by atoms with Crippen LogP contribution in [0.3, 0.4) is 0 Å². The number of rotatable bonds is 6. The average Bonchev–Trinajstić information content (AvgIpc) is 2.55. The second kappa shape index (κ2) is 7.77. The molecule has 1 aliphatic rings. The molecule has 0 saturated carbocycles. The minimum Gasteiger partial charge on any atom is -0.480 e. The summed E-state index contributed by atoms with van der Waals surface area (Å²) in [6, 6.07) is 8.44. The lowest BCUT2D eigenvalue weighted by molar-refractivity contribution is -0.153. The van der Waals surface area contributed by atoms with Crippen LogP contribution in [0, 0.1) is 12.3 Å². The molecule has 1 atom stereocenters. The first-order chi connectivity index (χ1) is 11.3. The van der Waals surface area contributed by atoms with Crippen molar-refractivity contribution in [2.45, 2.75) is 33.4 Å². The van der Waals surface area contributed by atoms with E-state index in [1.54, 1.807) is 0 Å². The van der Waals surface area contributed by atoms with Crippen molar-refractivity contribution in [1.29, 1.82) is 0 Å². The van der Waals surface area contributed by atoms with Crippen LogP contribution in [-0.4, -0.2) is 54.2 Å². The van der Waals surface area contributed by atoms with Gasteiger partial charge in [0.05, 0.1) is 12.7 Å². The zero-order chi connectivity index (χ0) is 17.7. The molecule has 0 bridgehead atoms. The standard InChI is InChI=1S/C18H26N2O4/c1-13-4-6-14(7-5-13)11-20-8-9-24-15(12-20)10-19-16(21)18(2,3)17(22)23/h4-7,15H,8-12H2,1-3H3,(H,19,21)(H,22,23). The summed E-state index contributed by atoms with van der Waals surface area (Å²) in [5, 5.41) is 11.8. The van der Waals surface area contributed by atoms with Crippen LogP contribution in [0.1, 0.15) is 25.0 Å². The van der Waals surface area contributed by atoms with Gasteiger partial charge < -0.3 is 15.2 Å². The normalized spacial score (nSPS) is 19.0. The second-order valence-corrected chi connectivity index (χ2v) is 6.85. The maximum absolute atomic E-state index is 12.0. The van der Waals surface area contributed by atoms with Gasteiger partial charge in [0.2, 0.25) is 5.91 Å². The van der Waals surface area contributed by atoms with Crippen molar-refractivity contribution in [2.75, 3.05) is 26.2 Å². The second-order valence-electron chi connectivity index (χ2n) is 6.85. The number of nitrogens with zero attached hydrogens (tertiary/aromatic N) is 1. The van der Waals surface area contributed by atoms with Gasteiger partial charge in [0.25, 0.3) is 0 Å². The Morgan fingerprint density at radius 3 is 2.62 bits per heavy atom. The molecule has 1 unspecified atom stereocenters. The summed E-state index contributed by atoms with van der Waals surface area (Å²) >= 11 is 0. The molecular formula is C18H26N2O4. The first-order valence-electron chi connectivity index (χ1n) is 8.20. The van der Waals surface area contributed by atoms with Crippen molar-refractivity contribution in [3.8, 4) is 0 Å². The molecule has 6 heteroatoms. The lowest BCUT2D eigenvalue weighted by atomic mass is 9.92. The lowest BCUT2D eigenvalue weighted by Crippen LogP contribution is -2.50. The summed E-state index contributed by atoms with van der Waals surface area (Å²) in [5.41, 5.74) is 1.05. The van der Waals surface area contributed by atoms with Gasteiger partial charge in [-0.15, -0.1) is 0 Å². The Labute approximate surface area is 142 Å². The Balaban J connectivity index is 1.83. The third-order valence-electron chi connectivity index (χ3n) is 4.34. The summed E-state index contributed by atoms with van der Waals surface area (Å²) in [4.78, 5) is 25.4. The highest BCUT2D eigenvalue weighted by Gasteiger charge is 2.36. The number of carbonyl (C=O) groups is 2. The number of carboxylic acid groups (broad SMARTS) is 1. The molecule has 1 heterocycles. The van der Waals surface area contributed by atoms with Crippen LogP contribution >= 0.6 is 0 Å². The van der Waals surface area contributed by atoms with Crippen LogP contribution in [0.25, 0.3) is 0 Å². The minimum atomic E-state index is -1.43. The predicted octanol–water partition coefficient (Wildman–Crippen LogP) is 1.42. The number of carbonyl (C=O) groups excluding carboxylic acids is 1. The van der Waals surface area contributed by atoms with Crippen LogP contribution < -0.4 is 5.32 Å². The monoisotopic (exact) mass is 334 g/mol. The van der Waals surface area contributed by atoms with Crippen LogP contribution in [0.5, 0.6) is 0 Å². The zero-order valence-electron chi connectivity index (χ0n) is 14.5. The Morgan fingerprint density at radius 2 is 2.00 bits per heavy atom. The van der Waals surface area contributed by atoms with E-state index >= 15 is 0 Å². The number of benzene rings is 1. The van der Waals surface area contributed by atoms with E-state index in [2.05, 4.69) is 41.4 Å². The van der Waals surface area contributed by atoms with E-state index in [4.69, 9.17) is 9.84 Å². The third kappa shape index (κ3) is 4.79. The molecule has 0 radical (unpaired) electrons. The van der Waals surface area contributed by atoms with Crippen molar-refractivity contribution in [3.63, 3.8) is 0 Å². The molecule has 2 N–H and O–H groups in total. The number of ether oxygens (including phenoxy) is 1. The van der Waals surface area contributed by atoms with Crippen molar-refractivity contribution < 1.29 is 19.4 Å². The van der Waals surface area contributed by atoms with Gasteiger partial charge in [-0.3, -0.25) is 14.5 Å². The van der Waals surface area contributed by atoms with Gasteiger partial charge in [0.1, 0.15) is 5.41 Å². The van der Waals surface area contributed by atoms with Crippen molar-refractivity contribution in [1.82, 2.24) is 10.2 Å². The van der Waals surface area contributed by atoms with Gasteiger partial charge in [0.15, 0.2) is 0 Å². The average molecular weight is 334 g/mol. The Morgan fingerprint density at radius 1 is 1.33 bits per heavy atom. The van der Waals surface area contributed by atoms with Gasteiger partial charge in [-0.25, -0.2) is 0 Å². The smallest absolute Gasteiger partial charge is 0.318 e. The fraction of sp³-hybridized carbons (Fsp3) is 0.556. The Kier molecular flexibility index (Phi) is 5.96. The SMILES string of the molecule is Cc1ccc(CN2CCOC(CNC(=O)C(C)(C)C(=O)O)C2)cc1. The molecule has 0 spiro atoms. The molecule has 0 aromatic heterocycles. The van der Waals surface area contributed by atoms with Crippen LogP contribution in [0.15, 0.2) is 24.3 Å². The number of nitrogens with one attached hydrogen (secondary N) is 1. The highest BCUT2D eigenvalue weighted by molar-refractivity contribution is 6.00. The lowest BCUT2D eigenvalue weighted by Gasteiger charge is -2.33. The summed E-state index contributed by atoms with van der Waals surface area (Å²) < 4.78 is 5.68. The van der Waals surface area contributed by atoms with Crippen LogP contribution in [0.2, 0.25) is 0 Å². The number of morpholine rings is 1. The van der Waals surface area contributed by atoms with E-state index in [9.17, 15) is 9.59 Å². The topological polar surface area (TPSA) is 78.9 Å². The van der Waals surface area contributed by atoms with E-state index in [0.29, 0.717) is 19.7 Å².